The average molecular weight is 457 g/mol. The van der Waals surface area contributed by atoms with Gasteiger partial charge in [0, 0.05) is 11.1 Å². The van der Waals surface area contributed by atoms with Gasteiger partial charge < -0.3 is 13.7 Å². The van der Waals surface area contributed by atoms with Crippen LogP contribution in [0, 0.1) is 17.8 Å². The van der Waals surface area contributed by atoms with E-state index in [9.17, 15) is 13.2 Å². The minimum atomic E-state index is -4.06. The van der Waals surface area contributed by atoms with E-state index in [-0.39, 0.29) is 24.9 Å². The van der Waals surface area contributed by atoms with Crippen LogP contribution in [0.25, 0.3) is 0 Å². The highest BCUT2D eigenvalue weighted by atomic mass is 35.5. The fraction of sp³-hybridized carbons (Fsp3) is 0.905. The molecule has 1 aliphatic heterocycles. The van der Waals surface area contributed by atoms with E-state index in [0.29, 0.717) is 37.4 Å². The summed E-state index contributed by atoms with van der Waals surface area (Å²) in [4.78, 5) is 0. The molecule has 3 fully saturated rings. The molecular weight excluding hydrogens is 425 g/mol. The molecular formula is C21H32ClF3O3S. The summed E-state index contributed by atoms with van der Waals surface area (Å²) in [6.07, 6.45) is 3.56. The predicted octanol–water partition coefficient (Wildman–Crippen LogP) is 6.51. The molecule has 1 saturated heterocycles. The van der Waals surface area contributed by atoms with E-state index in [1.54, 1.807) is 0 Å². The highest BCUT2D eigenvalue weighted by Crippen LogP contribution is 2.40. The van der Waals surface area contributed by atoms with Gasteiger partial charge in [-0.2, -0.15) is 13.2 Å². The van der Waals surface area contributed by atoms with Gasteiger partial charge in [0.1, 0.15) is 6.10 Å². The second-order valence-electron chi connectivity index (χ2n) is 8.68. The molecule has 0 aromatic carbocycles. The second-order valence-corrected chi connectivity index (χ2v) is 10.1. The van der Waals surface area contributed by atoms with Crippen molar-refractivity contribution < 1.29 is 26.8 Å². The summed E-state index contributed by atoms with van der Waals surface area (Å²) in [7, 11) is 0. The van der Waals surface area contributed by atoms with Gasteiger partial charge in [0.2, 0.25) is 0 Å². The van der Waals surface area contributed by atoms with Crippen LogP contribution < -0.4 is 0 Å². The molecule has 0 radical (unpaired) electrons. The van der Waals surface area contributed by atoms with Gasteiger partial charge in [-0.15, -0.1) is 11.6 Å². The maximum absolute atomic E-state index is 12.8. The smallest absolute Gasteiger partial charge is 0.346 e. The molecule has 0 bridgehead atoms. The van der Waals surface area contributed by atoms with Gasteiger partial charge in [-0.05, 0) is 87.7 Å². The zero-order valence-corrected chi connectivity index (χ0v) is 18.5. The van der Waals surface area contributed by atoms with Gasteiger partial charge in [0.25, 0.3) is 0 Å². The van der Waals surface area contributed by atoms with E-state index in [1.807, 2.05) is 13.0 Å². The molecule has 168 valence electrons. The summed E-state index contributed by atoms with van der Waals surface area (Å²) in [6, 6.07) is 0. The predicted molar refractivity (Wildman–Crippen MR) is 110 cm³/mol. The molecule has 2 aliphatic carbocycles. The lowest BCUT2D eigenvalue weighted by Gasteiger charge is -2.32. The van der Waals surface area contributed by atoms with Gasteiger partial charge in [0.05, 0.1) is 19.1 Å². The van der Waals surface area contributed by atoms with E-state index in [1.165, 1.54) is 24.9 Å². The normalized spacial score (nSPS) is 37.5. The summed E-state index contributed by atoms with van der Waals surface area (Å²) in [5, 5.41) is 0.338. The third-order valence-corrected chi connectivity index (χ3v) is 7.71. The van der Waals surface area contributed by atoms with Crippen LogP contribution in [-0.2, 0) is 13.7 Å². The van der Waals surface area contributed by atoms with Crippen LogP contribution in [0.15, 0.2) is 11.6 Å². The highest BCUT2D eigenvalue weighted by molar-refractivity contribution is 7.94. The van der Waals surface area contributed by atoms with Crippen molar-refractivity contribution in [1.29, 1.82) is 0 Å². The SMILES string of the molecule is C/C(=C\C1CCC(C(F)(F)F)CC1)C1OCC(OSCC2CCC(Cl)CC2)CO1. The summed E-state index contributed by atoms with van der Waals surface area (Å²) >= 11 is 7.64. The molecule has 29 heavy (non-hydrogen) atoms. The monoisotopic (exact) mass is 456 g/mol. The fourth-order valence-corrected chi connectivity index (χ4v) is 5.55. The van der Waals surface area contributed by atoms with E-state index in [0.717, 1.165) is 24.2 Å². The van der Waals surface area contributed by atoms with E-state index >= 15 is 0 Å². The first-order chi connectivity index (χ1) is 13.8. The third-order valence-electron chi connectivity index (χ3n) is 6.26. The van der Waals surface area contributed by atoms with E-state index < -0.39 is 18.4 Å². The van der Waals surface area contributed by atoms with Gasteiger partial charge in [-0.3, -0.25) is 0 Å². The number of ether oxygens (including phenoxy) is 2. The first-order valence-corrected chi connectivity index (χ1v) is 12.1. The molecule has 2 saturated carbocycles. The lowest BCUT2D eigenvalue weighted by atomic mass is 9.81. The van der Waals surface area contributed by atoms with Crippen LogP contribution >= 0.6 is 23.6 Å². The summed E-state index contributed by atoms with van der Waals surface area (Å²) in [6.45, 7) is 2.87. The number of hydrogen-bond donors (Lipinski definition) is 0. The molecule has 3 rings (SSSR count). The van der Waals surface area contributed by atoms with Crippen molar-refractivity contribution in [3.63, 3.8) is 0 Å². The first-order valence-electron chi connectivity index (χ1n) is 10.7. The molecule has 3 aliphatic rings. The van der Waals surface area contributed by atoms with Gasteiger partial charge >= 0.3 is 6.18 Å². The van der Waals surface area contributed by atoms with E-state index in [4.69, 9.17) is 25.3 Å². The minimum absolute atomic E-state index is 0.0874. The van der Waals surface area contributed by atoms with Crippen LogP contribution in [0.4, 0.5) is 13.2 Å². The van der Waals surface area contributed by atoms with Crippen LogP contribution in [0.1, 0.15) is 58.3 Å². The van der Waals surface area contributed by atoms with Crippen molar-refractivity contribution in [2.45, 2.75) is 82.2 Å². The Kier molecular flexibility index (Phi) is 9.05. The Labute approximate surface area is 181 Å². The van der Waals surface area contributed by atoms with Crippen molar-refractivity contribution in [2.75, 3.05) is 19.0 Å². The number of alkyl halides is 4. The van der Waals surface area contributed by atoms with Gasteiger partial charge in [-0.1, -0.05) is 6.08 Å². The molecule has 0 aromatic rings. The van der Waals surface area contributed by atoms with Crippen LogP contribution in [0.3, 0.4) is 0 Å². The topological polar surface area (TPSA) is 27.7 Å². The van der Waals surface area contributed by atoms with Crippen molar-refractivity contribution in [3.8, 4) is 0 Å². The fourth-order valence-electron chi connectivity index (χ4n) is 4.39. The molecule has 0 atom stereocenters. The minimum Gasteiger partial charge on any atom is -0.346 e. The number of hydrogen-bond acceptors (Lipinski definition) is 4. The Morgan fingerprint density at radius 3 is 2.24 bits per heavy atom. The Morgan fingerprint density at radius 1 is 1.03 bits per heavy atom. The summed E-state index contributed by atoms with van der Waals surface area (Å²) in [5.41, 5.74) is 0.949. The average Bonchev–Trinajstić information content (AvgIpc) is 2.70. The molecule has 1 heterocycles. The molecule has 0 unspecified atom stereocenters. The van der Waals surface area contributed by atoms with Gasteiger partial charge in [-0.25, -0.2) is 0 Å². The van der Waals surface area contributed by atoms with Crippen molar-refractivity contribution in [3.05, 3.63) is 11.6 Å². The number of allylic oxidation sites excluding steroid dienone is 1. The standard InChI is InChI=1S/C21H32ClF3O3S/c1-14(10-15-2-6-17(7-3-15)21(23,24)25)20-26-11-19(12-27-20)28-29-13-16-4-8-18(22)9-5-16/h10,15-20H,2-9,11-13H2,1H3/b14-10+. The van der Waals surface area contributed by atoms with Crippen LogP contribution in [0.2, 0.25) is 0 Å². The van der Waals surface area contributed by atoms with Crippen LogP contribution in [-0.4, -0.2) is 42.9 Å². The number of rotatable bonds is 6. The van der Waals surface area contributed by atoms with Crippen molar-refractivity contribution in [1.82, 2.24) is 0 Å². The highest BCUT2D eigenvalue weighted by Gasteiger charge is 2.41. The molecule has 0 aromatic heterocycles. The molecule has 0 N–H and O–H groups in total. The second kappa shape index (κ2) is 11.1. The lowest BCUT2D eigenvalue weighted by Crippen LogP contribution is -2.37. The molecule has 0 amide bonds. The molecule has 8 heteroatoms. The van der Waals surface area contributed by atoms with Crippen molar-refractivity contribution >= 4 is 23.6 Å². The number of halogens is 4. The lowest BCUT2D eigenvalue weighted by molar-refractivity contribution is -0.190. The molecule has 3 nitrogen and oxygen atoms in total. The van der Waals surface area contributed by atoms with Gasteiger partial charge in [0.15, 0.2) is 6.29 Å². The Balaban J connectivity index is 1.32. The zero-order valence-electron chi connectivity index (χ0n) is 17.0. The third kappa shape index (κ3) is 7.60. The summed E-state index contributed by atoms with van der Waals surface area (Å²) < 4.78 is 55.8. The first kappa shape index (κ1) is 23.7. The maximum Gasteiger partial charge on any atom is 0.391 e. The largest absolute Gasteiger partial charge is 0.391 e. The molecule has 0 spiro atoms. The Bertz CT molecular complexity index is 522. The van der Waals surface area contributed by atoms with Crippen LogP contribution in [0.5, 0.6) is 0 Å². The van der Waals surface area contributed by atoms with Crippen molar-refractivity contribution in [2.24, 2.45) is 17.8 Å². The maximum atomic E-state index is 12.8. The quantitative estimate of drug-likeness (QED) is 0.259. The zero-order chi connectivity index (χ0) is 20.9. The Morgan fingerprint density at radius 2 is 1.66 bits per heavy atom. The van der Waals surface area contributed by atoms with E-state index in [2.05, 4.69) is 0 Å². The Hall–Kier alpha value is 0.0500. The summed E-state index contributed by atoms with van der Waals surface area (Å²) in [5.74, 6) is 0.678.